The van der Waals surface area contributed by atoms with Crippen LogP contribution in [0.1, 0.15) is 42.6 Å². The molecule has 0 radical (unpaired) electrons. The minimum Gasteiger partial charge on any atom is -0.494 e. The van der Waals surface area contributed by atoms with Crippen molar-refractivity contribution in [3.05, 3.63) is 59.7 Å². The van der Waals surface area contributed by atoms with Gasteiger partial charge in [0.2, 0.25) is 0 Å². The lowest BCUT2D eigenvalue weighted by Gasteiger charge is -2.14. The first-order valence-electron chi connectivity index (χ1n) is 9.16. The van der Waals surface area contributed by atoms with Gasteiger partial charge in [0, 0.05) is 17.7 Å². The largest absolute Gasteiger partial charge is 0.494 e. The third-order valence-electron chi connectivity index (χ3n) is 4.02. The molecule has 0 saturated heterocycles. The number of hydrogen-bond acceptors (Lipinski definition) is 5. The van der Waals surface area contributed by atoms with E-state index in [1.807, 2.05) is 25.1 Å². The zero-order valence-electron chi connectivity index (χ0n) is 16.4. The number of nitrogens with one attached hydrogen (secondary N) is 1. The molecular formula is C22H25NO5. The highest BCUT2D eigenvalue weighted by molar-refractivity contribution is 5.95. The van der Waals surface area contributed by atoms with Crippen LogP contribution in [0.4, 0.5) is 5.69 Å². The lowest BCUT2D eigenvalue weighted by Crippen LogP contribution is -2.30. The molecule has 1 N–H and O–H groups in total. The molecule has 2 aromatic rings. The first-order valence-corrected chi connectivity index (χ1v) is 9.16. The van der Waals surface area contributed by atoms with Crippen molar-refractivity contribution in [2.75, 3.05) is 11.9 Å². The summed E-state index contributed by atoms with van der Waals surface area (Å²) < 4.78 is 10.7. The Hall–Kier alpha value is -3.15. The molecule has 0 heterocycles. The number of anilines is 1. The van der Waals surface area contributed by atoms with Crippen LogP contribution in [-0.2, 0) is 14.3 Å². The van der Waals surface area contributed by atoms with E-state index >= 15 is 0 Å². The molecule has 6 nitrogen and oxygen atoms in total. The van der Waals surface area contributed by atoms with Crippen LogP contribution in [0.25, 0.3) is 0 Å². The Bertz CT molecular complexity index is 829. The number of carbonyl (C=O) groups is 3. The molecule has 0 fully saturated rings. The van der Waals surface area contributed by atoms with Crippen LogP contribution in [0.2, 0.25) is 0 Å². The summed E-state index contributed by atoms with van der Waals surface area (Å²) in [6.07, 6.45) is -0.277. The van der Waals surface area contributed by atoms with Gasteiger partial charge >= 0.3 is 5.97 Å². The highest BCUT2D eigenvalue weighted by atomic mass is 16.5. The first-order chi connectivity index (χ1) is 13.3. The van der Waals surface area contributed by atoms with E-state index in [-0.39, 0.29) is 18.1 Å². The van der Waals surface area contributed by atoms with Gasteiger partial charge in [0.15, 0.2) is 11.9 Å². The minimum absolute atomic E-state index is 0.00477. The topological polar surface area (TPSA) is 81.7 Å². The average Bonchev–Trinajstić information content (AvgIpc) is 2.65. The summed E-state index contributed by atoms with van der Waals surface area (Å²) >= 11 is 0. The Morgan fingerprint density at radius 1 is 1.07 bits per heavy atom. The van der Waals surface area contributed by atoms with Crippen LogP contribution in [0.15, 0.2) is 48.5 Å². The summed E-state index contributed by atoms with van der Waals surface area (Å²) in [5.74, 6) is -0.206. The molecule has 6 heteroatoms. The Labute approximate surface area is 164 Å². The molecule has 148 valence electrons. The normalized spacial score (nSPS) is 11.4. The summed E-state index contributed by atoms with van der Waals surface area (Å²) in [4.78, 5) is 35.2. The van der Waals surface area contributed by atoms with Crippen molar-refractivity contribution in [1.29, 1.82) is 0 Å². The Kier molecular flexibility index (Phi) is 7.75. The number of esters is 1. The molecule has 0 aromatic heterocycles. The van der Waals surface area contributed by atoms with Gasteiger partial charge in [-0.25, -0.2) is 0 Å². The maximum atomic E-state index is 12.1. The van der Waals surface area contributed by atoms with E-state index in [1.54, 1.807) is 30.3 Å². The van der Waals surface area contributed by atoms with E-state index in [2.05, 4.69) is 5.32 Å². The minimum atomic E-state index is -0.881. The van der Waals surface area contributed by atoms with E-state index in [9.17, 15) is 14.4 Å². The van der Waals surface area contributed by atoms with Gasteiger partial charge in [-0.1, -0.05) is 12.1 Å². The predicted molar refractivity (Wildman–Crippen MR) is 107 cm³/mol. The molecule has 0 aliphatic carbocycles. The summed E-state index contributed by atoms with van der Waals surface area (Å²) in [7, 11) is 0. The fourth-order valence-electron chi connectivity index (χ4n) is 2.47. The van der Waals surface area contributed by atoms with E-state index in [4.69, 9.17) is 9.47 Å². The second-order valence-electron chi connectivity index (χ2n) is 6.52. The number of ether oxygens (including phenoxy) is 2. The number of carbonyl (C=O) groups excluding carboxylic acids is 3. The SMILES string of the molecule is CC(=O)c1ccc(OCCCC(=O)O[C@H](C)C(=O)Nc2cccc(C)c2)cc1. The molecule has 0 bridgehead atoms. The molecule has 28 heavy (non-hydrogen) atoms. The molecule has 2 rings (SSSR count). The van der Waals surface area contributed by atoms with Gasteiger partial charge in [-0.2, -0.15) is 0 Å². The number of ketones is 1. The zero-order chi connectivity index (χ0) is 20.5. The molecule has 0 spiro atoms. The van der Waals surface area contributed by atoms with Crippen LogP contribution in [0.5, 0.6) is 5.75 Å². The summed E-state index contributed by atoms with van der Waals surface area (Å²) in [5, 5.41) is 2.72. The van der Waals surface area contributed by atoms with Crippen LogP contribution < -0.4 is 10.1 Å². The van der Waals surface area contributed by atoms with Crippen LogP contribution in [-0.4, -0.2) is 30.4 Å². The van der Waals surface area contributed by atoms with Crippen molar-refractivity contribution in [2.45, 2.75) is 39.7 Å². The van der Waals surface area contributed by atoms with Crippen molar-refractivity contribution in [1.82, 2.24) is 0 Å². The molecular weight excluding hydrogens is 358 g/mol. The molecule has 0 unspecified atom stereocenters. The Balaban J connectivity index is 1.68. The molecule has 1 atom stereocenters. The molecule has 2 aromatic carbocycles. The fraction of sp³-hybridized carbons (Fsp3) is 0.318. The van der Waals surface area contributed by atoms with Crippen molar-refractivity contribution < 1.29 is 23.9 Å². The maximum Gasteiger partial charge on any atom is 0.306 e. The van der Waals surface area contributed by atoms with Gasteiger partial charge in [-0.3, -0.25) is 14.4 Å². The van der Waals surface area contributed by atoms with Gasteiger partial charge in [-0.15, -0.1) is 0 Å². The van der Waals surface area contributed by atoms with Gasteiger partial charge in [0.25, 0.3) is 5.91 Å². The number of rotatable bonds is 9. The first kappa shape index (κ1) is 21.2. The van der Waals surface area contributed by atoms with Crippen LogP contribution in [0.3, 0.4) is 0 Å². The Morgan fingerprint density at radius 3 is 2.43 bits per heavy atom. The van der Waals surface area contributed by atoms with Crippen molar-refractivity contribution in [2.24, 2.45) is 0 Å². The van der Waals surface area contributed by atoms with Gasteiger partial charge in [-0.05, 0) is 69.2 Å². The molecule has 0 aliphatic rings. The maximum absolute atomic E-state index is 12.1. The van der Waals surface area contributed by atoms with Crippen molar-refractivity contribution in [3.63, 3.8) is 0 Å². The quantitative estimate of drug-likeness (QED) is 0.403. The van der Waals surface area contributed by atoms with E-state index in [0.29, 0.717) is 30.0 Å². The summed E-state index contributed by atoms with van der Waals surface area (Å²) in [6, 6.07) is 14.2. The molecule has 0 aliphatic heterocycles. The van der Waals surface area contributed by atoms with E-state index in [0.717, 1.165) is 5.56 Å². The third kappa shape index (κ3) is 6.87. The van der Waals surface area contributed by atoms with Crippen LogP contribution >= 0.6 is 0 Å². The van der Waals surface area contributed by atoms with E-state index in [1.165, 1.54) is 13.8 Å². The number of hydrogen-bond donors (Lipinski definition) is 1. The highest BCUT2D eigenvalue weighted by Crippen LogP contribution is 2.14. The second kappa shape index (κ2) is 10.3. The van der Waals surface area contributed by atoms with Crippen LogP contribution in [0, 0.1) is 6.92 Å². The average molecular weight is 383 g/mol. The number of benzene rings is 2. The lowest BCUT2D eigenvalue weighted by molar-refractivity contribution is -0.153. The van der Waals surface area contributed by atoms with E-state index < -0.39 is 12.1 Å². The number of amides is 1. The molecule has 1 amide bonds. The number of aryl methyl sites for hydroxylation is 1. The van der Waals surface area contributed by atoms with Gasteiger partial charge in [0.05, 0.1) is 6.61 Å². The third-order valence-corrected chi connectivity index (χ3v) is 4.02. The predicted octanol–water partition coefficient (Wildman–Crippen LogP) is 3.93. The number of Topliss-reactive ketones (excluding diaryl/α,β-unsaturated/α-hetero) is 1. The van der Waals surface area contributed by atoms with Crippen molar-refractivity contribution in [3.8, 4) is 5.75 Å². The smallest absolute Gasteiger partial charge is 0.306 e. The van der Waals surface area contributed by atoms with Gasteiger partial charge < -0.3 is 14.8 Å². The lowest BCUT2D eigenvalue weighted by atomic mass is 10.1. The zero-order valence-corrected chi connectivity index (χ0v) is 16.4. The second-order valence-corrected chi connectivity index (χ2v) is 6.52. The highest BCUT2D eigenvalue weighted by Gasteiger charge is 2.17. The monoisotopic (exact) mass is 383 g/mol. The summed E-state index contributed by atoms with van der Waals surface area (Å²) in [5.41, 5.74) is 2.31. The fourth-order valence-corrected chi connectivity index (χ4v) is 2.47. The van der Waals surface area contributed by atoms with Crippen molar-refractivity contribution >= 4 is 23.3 Å². The summed E-state index contributed by atoms with van der Waals surface area (Å²) in [6.45, 7) is 5.30. The standard InChI is InChI=1S/C22H25NO5/c1-15-6-4-7-19(14-15)23-22(26)17(3)28-21(25)8-5-13-27-20-11-9-18(10-12-20)16(2)24/h4,6-7,9-12,14,17H,5,8,13H2,1-3H3,(H,23,26)/t17-/m1/s1. The molecule has 0 saturated carbocycles. The van der Waals surface area contributed by atoms with Gasteiger partial charge in [0.1, 0.15) is 5.75 Å². The Morgan fingerprint density at radius 2 is 1.79 bits per heavy atom.